The summed E-state index contributed by atoms with van der Waals surface area (Å²) in [7, 11) is -6.54. The van der Waals surface area contributed by atoms with Gasteiger partial charge in [-0.3, -0.25) is 9.48 Å². The molecule has 0 saturated heterocycles. The molecule has 264 valence electrons. The average Bonchev–Trinajstić information content (AvgIpc) is 3.67. The smallest absolute Gasteiger partial charge is 0.306 e. The predicted molar refractivity (Wildman–Crippen MR) is 189 cm³/mol. The molecule has 0 bridgehead atoms. The summed E-state index contributed by atoms with van der Waals surface area (Å²) in [5, 5.41) is 4.55. The van der Waals surface area contributed by atoms with Crippen LogP contribution in [0.3, 0.4) is 0 Å². The lowest BCUT2D eigenvalue weighted by Gasteiger charge is -2.14. The fourth-order valence-electron chi connectivity index (χ4n) is 5.74. The lowest BCUT2D eigenvalue weighted by molar-refractivity contribution is -0.143. The van der Waals surface area contributed by atoms with Gasteiger partial charge in [0.15, 0.2) is 27.2 Å². The Bertz CT molecular complexity index is 2490. The maximum absolute atomic E-state index is 15.9. The summed E-state index contributed by atoms with van der Waals surface area (Å²) in [5.74, 6) is -0.717. The molecule has 0 radical (unpaired) electrons. The summed E-state index contributed by atoms with van der Waals surface area (Å²) in [5.41, 5.74) is 3.22. The van der Waals surface area contributed by atoms with Crippen molar-refractivity contribution in [2.75, 3.05) is 12.9 Å². The van der Waals surface area contributed by atoms with Crippen molar-refractivity contribution >= 4 is 36.7 Å². The number of esters is 1. The van der Waals surface area contributed by atoms with E-state index in [4.69, 9.17) is 14.5 Å². The van der Waals surface area contributed by atoms with Gasteiger partial charge in [-0.2, -0.15) is 5.10 Å². The van der Waals surface area contributed by atoms with Gasteiger partial charge in [-0.15, -0.1) is 0 Å². The number of benzene rings is 4. The molecule has 0 aliphatic rings. The van der Waals surface area contributed by atoms with Gasteiger partial charge < -0.3 is 9.47 Å². The van der Waals surface area contributed by atoms with Crippen molar-refractivity contribution in [2.45, 2.75) is 42.9 Å². The van der Waals surface area contributed by atoms with Gasteiger partial charge in [-0.25, -0.2) is 30.2 Å². The Balaban J connectivity index is 1.29. The highest BCUT2D eigenvalue weighted by Gasteiger charge is 2.28. The van der Waals surface area contributed by atoms with Gasteiger partial charge in [0.05, 0.1) is 17.0 Å². The molecule has 0 aliphatic carbocycles. The topological polar surface area (TPSA) is 139 Å². The van der Waals surface area contributed by atoms with Crippen molar-refractivity contribution in [3.63, 3.8) is 0 Å². The van der Waals surface area contributed by atoms with Crippen molar-refractivity contribution in [3.05, 3.63) is 119 Å². The number of sulfone groups is 1. The van der Waals surface area contributed by atoms with Gasteiger partial charge in [-0.1, -0.05) is 54.1 Å². The molecule has 0 spiro atoms. The summed E-state index contributed by atoms with van der Waals surface area (Å²) < 4.78 is 82.6. The fourth-order valence-corrected chi connectivity index (χ4v) is 8.13. The van der Waals surface area contributed by atoms with E-state index in [1.165, 1.54) is 30.5 Å². The van der Waals surface area contributed by atoms with Crippen molar-refractivity contribution in [1.82, 2.24) is 18.7 Å². The molecule has 4 aromatic carbocycles. The normalized spacial score (nSPS) is 11.9. The average molecular weight is 731 g/mol. The van der Waals surface area contributed by atoms with Crippen LogP contribution in [0.15, 0.2) is 101 Å². The largest absolute Gasteiger partial charge is 0.466 e. The van der Waals surface area contributed by atoms with E-state index in [2.05, 4.69) is 5.10 Å². The van der Waals surface area contributed by atoms with Gasteiger partial charge in [0.1, 0.15) is 16.5 Å². The first-order valence-electron chi connectivity index (χ1n) is 16.0. The number of hydrogen-bond donors (Lipinski definition) is 0. The Hall–Kier alpha value is -5.34. The first-order chi connectivity index (χ1) is 24.2. The van der Waals surface area contributed by atoms with Crippen molar-refractivity contribution in [1.29, 1.82) is 0 Å². The first-order valence-corrected chi connectivity index (χ1v) is 19.3. The zero-order valence-electron chi connectivity index (χ0n) is 28.3. The number of hydrogen-bond acceptors (Lipinski definition) is 9. The van der Waals surface area contributed by atoms with Crippen molar-refractivity contribution in [3.8, 4) is 22.9 Å². The van der Waals surface area contributed by atoms with E-state index < -0.39 is 36.3 Å². The number of aryl methyl sites for hydroxylation is 3. The third kappa shape index (κ3) is 7.56. The minimum Gasteiger partial charge on any atom is -0.466 e. The number of aromatic nitrogens is 4. The highest BCUT2D eigenvalue weighted by atomic mass is 32.2. The molecule has 11 nitrogen and oxygen atoms in total. The quantitative estimate of drug-likeness (QED) is 0.131. The zero-order valence-corrected chi connectivity index (χ0v) is 30.0. The van der Waals surface area contributed by atoms with Gasteiger partial charge in [-0.05, 0) is 61.7 Å². The van der Waals surface area contributed by atoms with E-state index in [9.17, 15) is 21.6 Å². The predicted octanol–water partition coefficient (Wildman–Crippen LogP) is 6.40. The molecule has 51 heavy (non-hydrogen) atoms. The molecule has 0 aliphatic heterocycles. The highest BCUT2D eigenvalue weighted by molar-refractivity contribution is 7.91. The maximum atomic E-state index is 15.9. The Morgan fingerprint density at radius 3 is 2.37 bits per heavy atom. The number of ether oxygens (including phenoxy) is 2. The molecular formula is C37H35FN4O7S2. The molecule has 6 aromatic rings. The molecule has 14 heteroatoms. The molecule has 0 fully saturated rings. The van der Waals surface area contributed by atoms with Crippen LogP contribution >= 0.6 is 0 Å². The zero-order chi connectivity index (χ0) is 36.5. The minimum absolute atomic E-state index is 0.0123. The van der Waals surface area contributed by atoms with Crippen LogP contribution in [0.5, 0.6) is 11.5 Å². The van der Waals surface area contributed by atoms with E-state index in [0.717, 1.165) is 33.0 Å². The number of rotatable bonds is 12. The Labute approximate surface area is 295 Å². The third-order valence-electron chi connectivity index (χ3n) is 8.21. The summed E-state index contributed by atoms with van der Waals surface area (Å²) in [6.45, 7) is 3.93. The van der Waals surface area contributed by atoms with E-state index in [1.807, 2.05) is 31.2 Å². The number of carbonyl (C=O) groups is 1. The molecule has 0 N–H and O–H groups in total. The molecule has 2 aromatic heterocycles. The highest BCUT2D eigenvalue weighted by Crippen LogP contribution is 2.39. The van der Waals surface area contributed by atoms with Crippen LogP contribution in [0.4, 0.5) is 4.39 Å². The van der Waals surface area contributed by atoms with E-state index in [0.29, 0.717) is 36.7 Å². The lowest BCUT2D eigenvalue weighted by Crippen LogP contribution is -2.12. The maximum Gasteiger partial charge on any atom is 0.306 e. The van der Waals surface area contributed by atoms with Gasteiger partial charge in [0.25, 0.3) is 10.0 Å². The first kappa shape index (κ1) is 35.5. The Kier molecular flexibility index (Phi) is 9.82. The number of halogens is 1. The molecule has 0 atom stereocenters. The summed E-state index contributed by atoms with van der Waals surface area (Å²) in [4.78, 5) is 16.0. The third-order valence-corrected chi connectivity index (χ3v) is 11.1. The molecular weight excluding hydrogens is 696 g/mol. The standard InChI is InChI=1S/C37H35FN4O7S2/c1-5-48-34(43)17-14-25-8-6-9-26(20-25)21-33-39-37(40-41(33)3)27-10-7-11-28(22-27)49-35-31(38)23-32-30(36(35)50(4,44)45)18-19-42(32)51(46,47)29-15-12-24(2)13-16-29/h6-13,15-16,18-20,22-23H,5,14,17,21H2,1-4H3. The van der Waals surface area contributed by atoms with Crippen LogP contribution < -0.4 is 4.74 Å². The second-order valence-electron chi connectivity index (χ2n) is 12.1. The second-order valence-corrected chi connectivity index (χ2v) is 15.8. The Morgan fingerprint density at radius 1 is 0.922 bits per heavy atom. The van der Waals surface area contributed by atoms with E-state index in [1.54, 1.807) is 49.0 Å². The van der Waals surface area contributed by atoms with Crippen LogP contribution in [0, 0.1) is 12.7 Å². The van der Waals surface area contributed by atoms with Crippen LogP contribution in [-0.4, -0.2) is 54.4 Å². The molecule has 6 rings (SSSR count). The van der Waals surface area contributed by atoms with Crippen LogP contribution in [0.25, 0.3) is 22.3 Å². The van der Waals surface area contributed by atoms with E-state index >= 15 is 4.39 Å². The van der Waals surface area contributed by atoms with Crippen molar-refractivity contribution < 1.29 is 35.5 Å². The number of fused-ring (bicyclic) bond motifs is 1. The van der Waals surface area contributed by atoms with Gasteiger partial charge in [0.2, 0.25) is 0 Å². The van der Waals surface area contributed by atoms with Crippen LogP contribution in [0.2, 0.25) is 0 Å². The molecule has 0 saturated carbocycles. The van der Waals surface area contributed by atoms with Crippen LogP contribution in [0.1, 0.15) is 35.9 Å². The molecule has 0 amide bonds. The number of carbonyl (C=O) groups excluding carboxylic acids is 1. The summed E-state index contributed by atoms with van der Waals surface area (Å²) in [6, 6.07) is 22.8. The van der Waals surface area contributed by atoms with E-state index in [-0.39, 0.29) is 33.9 Å². The van der Waals surface area contributed by atoms with Crippen molar-refractivity contribution in [2.24, 2.45) is 7.05 Å². The summed E-state index contributed by atoms with van der Waals surface area (Å²) >= 11 is 0. The minimum atomic E-state index is -4.18. The Morgan fingerprint density at radius 2 is 1.65 bits per heavy atom. The molecule has 2 heterocycles. The molecule has 0 unspecified atom stereocenters. The fraction of sp³-hybridized carbons (Fsp3) is 0.216. The van der Waals surface area contributed by atoms with Gasteiger partial charge in [0, 0.05) is 49.4 Å². The van der Waals surface area contributed by atoms with Gasteiger partial charge >= 0.3 is 5.97 Å². The number of nitrogens with zero attached hydrogens (tertiary/aromatic N) is 4. The monoisotopic (exact) mass is 730 g/mol. The second kappa shape index (κ2) is 14.1. The summed E-state index contributed by atoms with van der Waals surface area (Å²) in [6.07, 6.45) is 3.41. The SMILES string of the molecule is CCOC(=O)CCc1cccc(Cc2nc(-c3cccc(Oc4c(F)cc5c(ccn5S(=O)(=O)c5ccc(C)cc5)c4S(C)(=O)=O)c3)nn2C)c1. The van der Waals surface area contributed by atoms with Crippen LogP contribution in [-0.2, 0) is 49.3 Å². The lowest BCUT2D eigenvalue weighted by atomic mass is 10.0.